The molecule has 1 unspecified atom stereocenters. The molecule has 0 radical (unpaired) electrons. The van der Waals surface area contributed by atoms with Crippen LogP contribution in [0, 0.1) is 5.92 Å². The molecule has 2 aromatic carbocycles. The van der Waals surface area contributed by atoms with Gasteiger partial charge in [-0.1, -0.05) is 60.5 Å². The van der Waals surface area contributed by atoms with Gasteiger partial charge in [-0.2, -0.15) is 0 Å². The van der Waals surface area contributed by atoms with Crippen molar-refractivity contribution in [2.75, 3.05) is 0 Å². The van der Waals surface area contributed by atoms with Crippen LogP contribution in [0.2, 0.25) is 10.0 Å². The van der Waals surface area contributed by atoms with Gasteiger partial charge in [-0.15, -0.1) is 6.58 Å². The quantitative estimate of drug-likeness (QED) is 0.404. The van der Waals surface area contributed by atoms with Gasteiger partial charge in [0.15, 0.2) is 0 Å². The normalized spacial score (nSPS) is 21.0. The Hall–Kier alpha value is -2.83. The number of nitrogens with one attached hydrogen (secondary N) is 2. The number of allylic oxidation sites excluding steroid dienone is 1. The second-order valence-corrected chi connectivity index (χ2v) is 9.33. The van der Waals surface area contributed by atoms with E-state index in [9.17, 15) is 14.4 Å². The lowest BCUT2D eigenvalue weighted by Gasteiger charge is -2.47. The van der Waals surface area contributed by atoms with Gasteiger partial charge in [0.25, 0.3) is 5.91 Å². The summed E-state index contributed by atoms with van der Waals surface area (Å²) >= 11 is 12.5. The number of hydrogen-bond donors (Lipinski definition) is 2. The van der Waals surface area contributed by atoms with Crippen LogP contribution in [0.25, 0.3) is 0 Å². The summed E-state index contributed by atoms with van der Waals surface area (Å²) in [5, 5.41) is 1.18. The van der Waals surface area contributed by atoms with Crippen molar-refractivity contribution in [2.45, 2.75) is 51.1 Å². The standard InChI is InChI=1S/C26H29Cl2N3O3/c1-4-7-19-15-22(18-8-6-9-21(28)14-18)24(17-10-12-20(27)13-11-17)31(26(19)34)23(5-2)25(33)30-29-16(3)32/h4,6,8-14,19,22-24H,1,5,7,15H2,2-3H3,(H,29,32)(H,30,33)/t19-,22+,23?,24+/m0/s1. The number of nitrogens with zero attached hydrogens (tertiary/aromatic N) is 1. The molecule has 2 aromatic rings. The molecule has 180 valence electrons. The molecule has 1 saturated heterocycles. The maximum absolute atomic E-state index is 13.8. The Balaban J connectivity index is 2.15. The molecule has 3 amide bonds. The number of carbonyl (C=O) groups is 3. The maximum atomic E-state index is 13.8. The third-order valence-electron chi connectivity index (χ3n) is 6.15. The summed E-state index contributed by atoms with van der Waals surface area (Å²) in [6.07, 6.45) is 3.17. The fraction of sp³-hybridized carbons (Fsp3) is 0.346. The molecule has 0 spiro atoms. The van der Waals surface area contributed by atoms with Crippen molar-refractivity contribution >= 4 is 40.9 Å². The van der Waals surface area contributed by atoms with Crippen LogP contribution in [-0.2, 0) is 14.4 Å². The average molecular weight is 502 g/mol. The summed E-state index contributed by atoms with van der Waals surface area (Å²) < 4.78 is 0. The van der Waals surface area contributed by atoms with E-state index in [2.05, 4.69) is 17.4 Å². The number of hydrazine groups is 1. The van der Waals surface area contributed by atoms with Crippen LogP contribution in [0.5, 0.6) is 0 Å². The molecule has 0 aromatic heterocycles. The maximum Gasteiger partial charge on any atom is 0.261 e. The van der Waals surface area contributed by atoms with E-state index in [1.54, 1.807) is 23.1 Å². The molecule has 0 aliphatic carbocycles. The minimum atomic E-state index is -0.797. The molecule has 6 nitrogen and oxygen atoms in total. The minimum absolute atomic E-state index is 0.120. The predicted octanol–water partition coefficient (Wildman–Crippen LogP) is 5.19. The number of hydrogen-bond acceptors (Lipinski definition) is 3. The third kappa shape index (κ3) is 5.80. The van der Waals surface area contributed by atoms with Gasteiger partial charge in [-0.25, -0.2) is 0 Å². The van der Waals surface area contributed by atoms with Crippen LogP contribution < -0.4 is 10.9 Å². The number of halogens is 2. The first-order valence-electron chi connectivity index (χ1n) is 11.3. The first-order chi connectivity index (χ1) is 16.3. The molecule has 1 aliphatic heterocycles. The van der Waals surface area contributed by atoms with E-state index in [-0.39, 0.29) is 17.7 Å². The Bertz CT molecular complexity index is 1060. The summed E-state index contributed by atoms with van der Waals surface area (Å²) in [5.74, 6) is -1.43. The highest BCUT2D eigenvalue weighted by atomic mass is 35.5. The highest BCUT2D eigenvalue weighted by molar-refractivity contribution is 6.30. The van der Waals surface area contributed by atoms with Gasteiger partial charge >= 0.3 is 0 Å². The monoisotopic (exact) mass is 501 g/mol. The smallest absolute Gasteiger partial charge is 0.261 e. The number of amides is 3. The van der Waals surface area contributed by atoms with Crippen LogP contribution in [0.15, 0.2) is 61.2 Å². The molecule has 1 aliphatic rings. The molecule has 3 rings (SSSR count). The second-order valence-electron chi connectivity index (χ2n) is 8.45. The lowest BCUT2D eigenvalue weighted by molar-refractivity contribution is -0.152. The van der Waals surface area contributed by atoms with Gasteiger partial charge < -0.3 is 4.90 Å². The number of benzene rings is 2. The Morgan fingerprint density at radius 3 is 2.41 bits per heavy atom. The molecular weight excluding hydrogens is 473 g/mol. The zero-order valence-corrected chi connectivity index (χ0v) is 20.8. The first kappa shape index (κ1) is 25.8. The van der Waals surface area contributed by atoms with Crippen molar-refractivity contribution in [3.05, 3.63) is 82.4 Å². The molecule has 1 fully saturated rings. The molecule has 2 N–H and O–H groups in total. The number of piperidine rings is 1. The number of rotatable bonds is 7. The Kier molecular flexibility index (Phi) is 8.75. The minimum Gasteiger partial charge on any atom is -0.323 e. The first-order valence-corrected chi connectivity index (χ1v) is 12.0. The molecule has 4 atom stereocenters. The largest absolute Gasteiger partial charge is 0.323 e. The van der Waals surface area contributed by atoms with Crippen molar-refractivity contribution in [1.29, 1.82) is 0 Å². The van der Waals surface area contributed by atoms with Crippen LogP contribution in [0.1, 0.15) is 56.2 Å². The van der Waals surface area contributed by atoms with Crippen LogP contribution in [0.3, 0.4) is 0 Å². The molecule has 34 heavy (non-hydrogen) atoms. The van der Waals surface area contributed by atoms with Gasteiger partial charge in [0.1, 0.15) is 6.04 Å². The molecule has 0 bridgehead atoms. The molecule has 1 heterocycles. The topological polar surface area (TPSA) is 78.5 Å². The van der Waals surface area contributed by atoms with E-state index in [1.165, 1.54) is 6.92 Å². The molecule has 8 heteroatoms. The van der Waals surface area contributed by atoms with Crippen molar-refractivity contribution in [3.63, 3.8) is 0 Å². The van der Waals surface area contributed by atoms with Gasteiger partial charge in [0, 0.05) is 28.8 Å². The van der Waals surface area contributed by atoms with Crippen LogP contribution >= 0.6 is 23.2 Å². The zero-order valence-electron chi connectivity index (χ0n) is 19.3. The summed E-state index contributed by atoms with van der Waals surface area (Å²) in [5.41, 5.74) is 6.63. The molecule has 0 saturated carbocycles. The van der Waals surface area contributed by atoms with Gasteiger partial charge in [-0.05, 0) is 54.7 Å². The Morgan fingerprint density at radius 2 is 1.82 bits per heavy atom. The summed E-state index contributed by atoms with van der Waals surface area (Å²) in [6.45, 7) is 6.98. The van der Waals surface area contributed by atoms with Crippen molar-refractivity contribution < 1.29 is 14.4 Å². The van der Waals surface area contributed by atoms with Gasteiger partial charge in [0.2, 0.25) is 11.8 Å². The van der Waals surface area contributed by atoms with E-state index in [1.807, 2.05) is 43.3 Å². The number of carbonyl (C=O) groups excluding carboxylic acids is 3. The lowest BCUT2D eigenvalue weighted by atomic mass is 9.74. The highest BCUT2D eigenvalue weighted by Gasteiger charge is 2.46. The average Bonchev–Trinajstić information content (AvgIpc) is 2.81. The SMILES string of the molecule is C=CC[C@H]1C[C@H](c2cccc(Cl)c2)[C@@H](c2ccc(Cl)cc2)N(C(CC)C(=O)NNC(C)=O)C1=O. The summed E-state index contributed by atoms with van der Waals surface area (Å²) in [6, 6.07) is 13.7. The van der Waals surface area contributed by atoms with Crippen molar-refractivity contribution in [3.8, 4) is 0 Å². The van der Waals surface area contributed by atoms with Crippen molar-refractivity contribution in [2.24, 2.45) is 5.92 Å². The highest BCUT2D eigenvalue weighted by Crippen LogP contribution is 2.47. The molecular formula is C26H29Cl2N3O3. The zero-order chi connectivity index (χ0) is 24.8. The van der Waals surface area contributed by atoms with Crippen molar-refractivity contribution in [1.82, 2.24) is 15.8 Å². The fourth-order valence-corrected chi connectivity index (χ4v) is 5.00. The van der Waals surface area contributed by atoms with E-state index in [0.29, 0.717) is 29.3 Å². The predicted molar refractivity (Wildman–Crippen MR) is 134 cm³/mol. The summed E-state index contributed by atoms with van der Waals surface area (Å²) in [4.78, 5) is 40.0. The Morgan fingerprint density at radius 1 is 1.12 bits per heavy atom. The Labute approximate surface area is 210 Å². The lowest BCUT2D eigenvalue weighted by Crippen LogP contribution is -2.58. The number of likely N-dealkylation sites (tertiary alicyclic amines) is 1. The third-order valence-corrected chi connectivity index (χ3v) is 6.64. The van der Waals surface area contributed by atoms with Gasteiger partial charge in [-0.3, -0.25) is 25.2 Å². The fourth-order valence-electron chi connectivity index (χ4n) is 4.67. The summed E-state index contributed by atoms with van der Waals surface area (Å²) in [7, 11) is 0. The van der Waals surface area contributed by atoms with E-state index in [4.69, 9.17) is 23.2 Å². The van der Waals surface area contributed by atoms with E-state index >= 15 is 0 Å². The van der Waals surface area contributed by atoms with E-state index < -0.39 is 23.9 Å². The van der Waals surface area contributed by atoms with Gasteiger partial charge in [0.05, 0.1) is 6.04 Å². The van der Waals surface area contributed by atoms with Crippen LogP contribution in [-0.4, -0.2) is 28.7 Å². The second kappa shape index (κ2) is 11.5. The van der Waals surface area contributed by atoms with E-state index in [0.717, 1.165) is 11.1 Å². The van der Waals surface area contributed by atoms with Crippen LogP contribution in [0.4, 0.5) is 0 Å².